The van der Waals surface area contributed by atoms with Crippen molar-refractivity contribution in [1.82, 2.24) is 10.2 Å². The summed E-state index contributed by atoms with van der Waals surface area (Å²) in [6.07, 6.45) is 6.09. The molecule has 2 fully saturated rings. The van der Waals surface area contributed by atoms with Crippen molar-refractivity contribution in [2.24, 2.45) is 5.92 Å². The number of carbonyl (C=O) groups is 1. The summed E-state index contributed by atoms with van der Waals surface area (Å²) in [6, 6.07) is 7.53. The Bertz CT molecular complexity index is 526. The molecule has 2 atom stereocenters. The topological polar surface area (TPSA) is 78.6 Å². The molecule has 0 aromatic heterocycles. The van der Waals surface area contributed by atoms with Crippen LogP contribution in [0.3, 0.4) is 0 Å². The Hall–Kier alpha value is -1.59. The molecule has 1 saturated heterocycles. The van der Waals surface area contributed by atoms with Gasteiger partial charge >= 0.3 is 0 Å². The zero-order chi connectivity index (χ0) is 16.2. The molecule has 1 aliphatic carbocycles. The van der Waals surface area contributed by atoms with Gasteiger partial charge < -0.3 is 16.2 Å². The fourth-order valence-electron chi connectivity index (χ4n) is 3.79. The van der Waals surface area contributed by atoms with Gasteiger partial charge in [0.25, 0.3) is 5.91 Å². The Morgan fingerprint density at radius 3 is 2.57 bits per heavy atom. The first-order valence-electron chi connectivity index (χ1n) is 8.69. The summed E-state index contributed by atoms with van der Waals surface area (Å²) in [5.41, 5.74) is 6.89. The number of carbonyl (C=O) groups excluding carboxylic acids is 1. The number of benzene rings is 1. The van der Waals surface area contributed by atoms with E-state index in [1.807, 2.05) is 0 Å². The number of β-amino-alcohol motifs (C(OH)–C–C–N with tert-alkyl or cyclic N) is 1. The van der Waals surface area contributed by atoms with Crippen LogP contribution in [0.4, 0.5) is 5.69 Å². The van der Waals surface area contributed by atoms with Crippen LogP contribution in [-0.4, -0.2) is 47.7 Å². The highest BCUT2D eigenvalue weighted by atomic mass is 16.3. The second-order valence-corrected chi connectivity index (χ2v) is 6.91. The van der Waals surface area contributed by atoms with Crippen LogP contribution in [0.5, 0.6) is 0 Å². The van der Waals surface area contributed by atoms with E-state index < -0.39 is 0 Å². The molecule has 23 heavy (non-hydrogen) atoms. The minimum absolute atomic E-state index is 0.103. The number of nitrogen functional groups attached to an aromatic ring is 1. The van der Waals surface area contributed by atoms with Crippen LogP contribution in [0, 0.1) is 5.92 Å². The van der Waals surface area contributed by atoms with Crippen molar-refractivity contribution in [3.63, 3.8) is 0 Å². The van der Waals surface area contributed by atoms with Gasteiger partial charge in [0.05, 0.1) is 6.10 Å². The number of hydrogen-bond acceptors (Lipinski definition) is 4. The number of likely N-dealkylation sites (tertiary alicyclic amines) is 1. The molecule has 0 radical (unpaired) electrons. The first-order chi connectivity index (χ1) is 11.1. The fraction of sp³-hybridized carbons (Fsp3) is 0.611. The summed E-state index contributed by atoms with van der Waals surface area (Å²) in [5.74, 6) is 0.0166. The first-order valence-corrected chi connectivity index (χ1v) is 8.69. The summed E-state index contributed by atoms with van der Waals surface area (Å²) in [4.78, 5) is 14.6. The van der Waals surface area contributed by atoms with Crippen molar-refractivity contribution < 1.29 is 9.90 Å². The number of aliphatic hydroxyl groups is 1. The van der Waals surface area contributed by atoms with E-state index in [4.69, 9.17) is 5.73 Å². The highest BCUT2D eigenvalue weighted by Gasteiger charge is 2.35. The smallest absolute Gasteiger partial charge is 0.251 e. The number of nitrogens with zero attached hydrogens (tertiary/aromatic N) is 1. The van der Waals surface area contributed by atoms with Crippen LogP contribution >= 0.6 is 0 Å². The van der Waals surface area contributed by atoms with Gasteiger partial charge in [-0.05, 0) is 37.1 Å². The Labute approximate surface area is 137 Å². The minimum Gasteiger partial charge on any atom is -0.399 e. The van der Waals surface area contributed by atoms with Gasteiger partial charge in [0.1, 0.15) is 0 Å². The molecule has 5 nitrogen and oxygen atoms in total. The van der Waals surface area contributed by atoms with Crippen LogP contribution in [0.2, 0.25) is 0 Å². The zero-order valence-corrected chi connectivity index (χ0v) is 13.6. The van der Waals surface area contributed by atoms with Crippen LogP contribution in [0.15, 0.2) is 24.3 Å². The summed E-state index contributed by atoms with van der Waals surface area (Å²) in [7, 11) is 0. The van der Waals surface area contributed by atoms with E-state index in [0.29, 0.717) is 23.8 Å². The number of hydrogen-bond donors (Lipinski definition) is 3. The molecular weight excluding hydrogens is 290 g/mol. The van der Waals surface area contributed by atoms with Crippen LogP contribution in [0.25, 0.3) is 0 Å². The van der Waals surface area contributed by atoms with E-state index in [9.17, 15) is 9.90 Å². The van der Waals surface area contributed by atoms with Gasteiger partial charge in [-0.1, -0.05) is 19.3 Å². The molecule has 0 spiro atoms. The molecule has 3 rings (SSSR count). The van der Waals surface area contributed by atoms with Crippen LogP contribution in [0.1, 0.15) is 42.5 Å². The van der Waals surface area contributed by atoms with E-state index in [0.717, 1.165) is 13.1 Å². The number of amides is 1. The molecule has 2 aliphatic rings. The normalized spacial score (nSPS) is 26.3. The minimum atomic E-state index is -0.344. The predicted octanol–water partition coefficient (Wildman–Crippen LogP) is 1.62. The van der Waals surface area contributed by atoms with Gasteiger partial charge in [-0.15, -0.1) is 0 Å². The third kappa shape index (κ3) is 4.03. The molecule has 1 heterocycles. The van der Waals surface area contributed by atoms with E-state index in [-0.39, 0.29) is 17.9 Å². The van der Waals surface area contributed by atoms with Gasteiger partial charge in [-0.2, -0.15) is 0 Å². The number of nitrogens with one attached hydrogen (secondary N) is 1. The third-order valence-electron chi connectivity index (χ3n) is 5.22. The van der Waals surface area contributed by atoms with E-state index >= 15 is 0 Å². The lowest BCUT2D eigenvalue weighted by atomic mass is 9.94. The molecule has 5 heteroatoms. The van der Waals surface area contributed by atoms with Gasteiger partial charge in [0, 0.05) is 42.8 Å². The number of nitrogens with two attached hydrogens (primary N) is 1. The quantitative estimate of drug-likeness (QED) is 0.738. The van der Waals surface area contributed by atoms with Gasteiger partial charge in [-0.25, -0.2) is 0 Å². The van der Waals surface area contributed by atoms with Crippen LogP contribution in [-0.2, 0) is 0 Å². The second kappa shape index (κ2) is 7.32. The standard InChI is InChI=1S/C18H27N3O2/c19-15-8-6-13(7-9-15)18(23)20-10-14-11-21(12-17(14)22)16-4-2-1-3-5-16/h6-9,14,16-17,22H,1-5,10-12,19H2,(H,20,23). The van der Waals surface area contributed by atoms with Crippen molar-refractivity contribution >= 4 is 11.6 Å². The van der Waals surface area contributed by atoms with Gasteiger partial charge in [-0.3, -0.25) is 9.69 Å². The SMILES string of the molecule is Nc1ccc(C(=O)NCC2CN(C3CCCCC3)CC2O)cc1. The Morgan fingerprint density at radius 2 is 1.87 bits per heavy atom. The average Bonchev–Trinajstić information content (AvgIpc) is 2.95. The van der Waals surface area contributed by atoms with Crippen molar-refractivity contribution in [2.75, 3.05) is 25.4 Å². The van der Waals surface area contributed by atoms with E-state index in [2.05, 4.69) is 10.2 Å². The maximum absolute atomic E-state index is 12.2. The fourth-order valence-corrected chi connectivity index (χ4v) is 3.79. The zero-order valence-electron chi connectivity index (χ0n) is 13.6. The van der Waals surface area contributed by atoms with E-state index in [1.54, 1.807) is 24.3 Å². The maximum atomic E-state index is 12.2. The van der Waals surface area contributed by atoms with Crippen molar-refractivity contribution in [2.45, 2.75) is 44.2 Å². The van der Waals surface area contributed by atoms with Crippen molar-refractivity contribution in [3.8, 4) is 0 Å². The summed E-state index contributed by atoms with van der Waals surface area (Å²) in [5, 5.41) is 13.2. The highest BCUT2D eigenvalue weighted by molar-refractivity contribution is 5.94. The number of aliphatic hydroxyl groups excluding tert-OH is 1. The molecule has 1 saturated carbocycles. The Morgan fingerprint density at radius 1 is 1.17 bits per heavy atom. The molecule has 1 aliphatic heterocycles. The molecule has 126 valence electrons. The Kier molecular flexibility index (Phi) is 5.18. The largest absolute Gasteiger partial charge is 0.399 e. The van der Waals surface area contributed by atoms with Crippen molar-refractivity contribution in [1.29, 1.82) is 0 Å². The average molecular weight is 317 g/mol. The first kappa shape index (κ1) is 16.3. The number of rotatable bonds is 4. The molecule has 1 amide bonds. The van der Waals surface area contributed by atoms with Crippen LogP contribution < -0.4 is 11.1 Å². The summed E-state index contributed by atoms with van der Waals surface area (Å²) in [6.45, 7) is 2.15. The monoisotopic (exact) mass is 317 g/mol. The third-order valence-corrected chi connectivity index (χ3v) is 5.22. The lowest BCUT2D eigenvalue weighted by Gasteiger charge is -2.30. The molecule has 4 N–H and O–H groups in total. The summed E-state index contributed by atoms with van der Waals surface area (Å²) >= 11 is 0. The second-order valence-electron chi connectivity index (χ2n) is 6.91. The van der Waals surface area contributed by atoms with Crippen molar-refractivity contribution in [3.05, 3.63) is 29.8 Å². The molecule has 1 aromatic rings. The summed E-state index contributed by atoms with van der Waals surface area (Å²) < 4.78 is 0. The molecular formula is C18H27N3O2. The number of anilines is 1. The van der Waals surface area contributed by atoms with Gasteiger partial charge in [0.2, 0.25) is 0 Å². The lowest BCUT2D eigenvalue weighted by molar-refractivity contribution is 0.0926. The molecule has 2 unspecified atom stereocenters. The van der Waals surface area contributed by atoms with E-state index in [1.165, 1.54) is 32.1 Å². The maximum Gasteiger partial charge on any atom is 0.251 e. The lowest BCUT2D eigenvalue weighted by Crippen LogP contribution is -2.36. The molecule has 1 aromatic carbocycles. The Balaban J connectivity index is 1.50. The molecule has 0 bridgehead atoms. The predicted molar refractivity (Wildman–Crippen MR) is 91.1 cm³/mol. The highest BCUT2D eigenvalue weighted by Crippen LogP contribution is 2.27. The van der Waals surface area contributed by atoms with Gasteiger partial charge in [0.15, 0.2) is 0 Å².